The number of amides is 1. The van der Waals surface area contributed by atoms with Crippen LogP contribution < -0.4 is 10.1 Å². The Labute approximate surface area is 148 Å². The zero-order valence-electron chi connectivity index (χ0n) is 15.0. The SMILES string of the molecule is COc1ccc(S(=O)(=O)N(C)C)cc1NC(=O)c1cccc(C)c1C. The van der Waals surface area contributed by atoms with Crippen molar-refractivity contribution in [2.75, 3.05) is 26.5 Å². The lowest BCUT2D eigenvalue weighted by molar-refractivity contribution is 0.102. The molecule has 0 radical (unpaired) electrons. The van der Waals surface area contributed by atoms with Crippen molar-refractivity contribution in [3.63, 3.8) is 0 Å². The summed E-state index contributed by atoms with van der Waals surface area (Å²) < 4.78 is 31.0. The van der Waals surface area contributed by atoms with Gasteiger partial charge < -0.3 is 10.1 Å². The van der Waals surface area contributed by atoms with Crippen LogP contribution >= 0.6 is 0 Å². The number of aryl methyl sites for hydroxylation is 1. The van der Waals surface area contributed by atoms with Crippen molar-refractivity contribution in [3.05, 3.63) is 53.1 Å². The molecule has 1 amide bonds. The van der Waals surface area contributed by atoms with Crippen LogP contribution in [0.15, 0.2) is 41.3 Å². The van der Waals surface area contributed by atoms with E-state index in [1.165, 1.54) is 39.4 Å². The second-order valence-electron chi connectivity index (χ2n) is 5.85. The van der Waals surface area contributed by atoms with Crippen molar-refractivity contribution >= 4 is 21.6 Å². The van der Waals surface area contributed by atoms with Crippen LogP contribution in [-0.2, 0) is 10.0 Å². The van der Waals surface area contributed by atoms with Gasteiger partial charge in [0.2, 0.25) is 10.0 Å². The summed E-state index contributed by atoms with van der Waals surface area (Å²) in [6.07, 6.45) is 0. The van der Waals surface area contributed by atoms with E-state index in [1.54, 1.807) is 12.1 Å². The van der Waals surface area contributed by atoms with Gasteiger partial charge in [-0.25, -0.2) is 12.7 Å². The topological polar surface area (TPSA) is 75.7 Å². The molecule has 0 spiro atoms. The van der Waals surface area contributed by atoms with Crippen LogP contribution in [0.5, 0.6) is 5.75 Å². The first-order chi connectivity index (χ1) is 11.7. The average molecular weight is 362 g/mol. The first kappa shape index (κ1) is 19.0. The van der Waals surface area contributed by atoms with Crippen LogP contribution in [0.25, 0.3) is 0 Å². The Balaban J connectivity index is 2.44. The highest BCUT2D eigenvalue weighted by Gasteiger charge is 2.20. The van der Waals surface area contributed by atoms with Crippen LogP contribution in [0.3, 0.4) is 0 Å². The molecule has 2 rings (SSSR count). The summed E-state index contributed by atoms with van der Waals surface area (Å²) in [6, 6.07) is 9.83. The van der Waals surface area contributed by atoms with Gasteiger partial charge in [0.25, 0.3) is 5.91 Å². The highest BCUT2D eigenvalue weighted by Crippen LogP contribution is 2.29. The lowest BCUT2D eigenvalue weighted by Gasteiger charge is -2.16. The van der Waals surface area contributed by atoms with Gasteiger partial charge in [0.05, 0.1) is 17.7 Å². The van der Waals surface area contributed by atoms with Gasteiger partial charge in [-0.15, -0.1) is 0 Å². The molecule has 0 bridgehead atoms. The molecule has 0 unspecified atom stereocenters. The predicted octanol–water partition coefficient (Wildman–Crippen LogP) is 2.81. The molecule has 0 heterocycles. The number of rotatable bonds is 5. The zero-order valence-corrected chi connectivity index (χ0v) is 15.8. The van der Waals surface area contributed by atoms with Crippen LogP contribution in [0.1, 0.15) is 21.5 Å². The Bertz CT molecular complexity index is 905. The van der Waals surface area contributed by atoms with E-state index in [-0.39, 0.29) is 10.8 Å². The number of hydrogen-bond acceptors (Lipinski definition) is 4. The summed E-state index contributed by atoms with van der Waals surface area (Å²) in [5.41, 5.74) is 2.71. The van der Waals surface area contributed by atoms with Crippen LogP contribution in [0, 0.1) is 13.8 Å². The Morgan fingerprint density at radius 2 is 1.80 bits per heavy atom. The molecule has 0 fully saturated rings. The second-order valence-corrected chi connectivity index (χ2v) is 8.00. The van der Waals surface area contributed by atoms with Gasteiger partial charge >= 0.3 is 0 Å². The molecule has 0 aliphatic rings. The molecule has 25 heavy (non-hydrogen) atoms. The van der Waals surface area contributed by atoms with E-state index in [0.29, 0.717) is 17.0 Å². The Morgan fingerprint density at radius 1 is 1.12 bits per heavy atom. The van der Waals surface area contributed by atoms with Gasteiger partial charge in [0.15, 0.2) is 0 Å². The number of methoxy groups -OCH3 is 1. The molecular weight excluding hydrogens is 340 g/mol. The number of carbonyl (C=O) groups is 1. The fraction of sp³-hybridized carbons (Fsp3) is 0.278. The highest BCUT2D eigenvalue weighted by atomic mass is 32.2. The lowest BCUT2D eigenvalue weighted by Crippen LogP contribution is -2.22. The molecule has 6 nitrogen and oxygen atoms in total. The largest absolute Gasteiger partial charge is 0.495 e. The molecule has 0 aliphatic heterocycles. The standard InChI is InChI=1S/C18H22N2O4S/c1-12-7-6-8-15(13(12)2)18(21)19-16-11-14(9-10-17(16)24-5)25(22,23)20(3)4/h6-11H,1-5H3,(H,19,21). The monoisotopic (exact) mass is 362 g/mol. The maximum absolute atomic E-state index is 12.6. The summed E-state index contributed by atoms with van der Waals surface area (Å²) in [5, 5.41) is 2.75. The maximum atomic E-state index is 12.6. The van der Waals surface area contributed by atoms with Gasteiger partial charge in [-0.3, -0.25) is 4.79 Å². The average Bonchev–Trinajstić information content (AvgIpc) is 2.56. The lowest BCUT2D eigenvalue weighted by atomic mass is 10.0. The van der Waals surface area contributed by atoms with Gasteiger partial charge in [0, 0.05) is 19.7 Å². The first-order valence-electron chi connectivity index (χ1n) is 7.66. The number of nitrogens with zero attached hydrogens (tertiary/aromatic N) is 1. The van der Waals surface area contributed by atoms with E-state index in [1.807, 2.05) is 19.9 Å². The summed E-state index contributed by atoms with van der Waals surface area (Å²) in [7, 11) is 0.753. The molecule has 1 N–H and O–H groups in total. The molecule has 134 valence electrons. The van der Waals surface area contributed by atoms with E-state index in [2.05, 4.69) is 5.32 Å². The summed E-state index contributed by atoms with van der Waals surface area (Å²) in [6.45, 7) is 3.80. The minimum absolute atomic E-state index is 0.0783. The van der Waals surface area contributed by atoms with E-state index < -0.39 is 10.0 Å². The number of nitrogens with one attached hydrogen (secondary N) is 1. The van der Waals surface area contributed by atoms with Crippen molar-refractivity contribution in [3.8, 4) is 5.75 Å². The van der Waals surface area contributed by atoms with E-state index in [0.717, 1.165) is 15.4 Å². The van der Waals surface area contributed by atoms with Crippen LogP contribution in [-0.4, -0.2) is 39.8 Å². The van der Waals surface area contributed by atoms with Crippen molar-refractivity contribution in [2.45, 2.75) is 18.7 Å². The molecule has 0 atom stereocenters. The smallest absolute Gasteiger partial charge is 0.256 e. The van der Waals surface area contributed by atoms with E-state index in [4.69, 9.17) is 4.74 Å². The maximum Gasteiger partial charge on any atom is 0.256 e. The minimum Gasteiger partial charge on any atom is -0.495 e. The Kier molecular flexibility index (Phi) is 5.49. The third kappa shape index (κ3) is 3.83. The molecular formula is C18H22N2O4S. The predicted molar refractivity (Wildman–Crippen MR) is 97.7 cm³/mol. The number of sulfonamides is 1. The van der Waals surface area contributed by atoms with Crippen molar-refractivity contribution in [2.24, 2.45) is 0 Å². The zero-order chi connectivity index (χ0) is 18.8. The third-order valence-corrected chi connectivity index (χ3v) is 5.86. The second kappa shape index (κ2) is 7.25. The highest BCUT2D eigenvalue weighted by molar-refractivity contribution is 7.89. The van der Waals surface area contributed by atoms with E-state index in [9.17, 15) is 13.2 Å². The molecule has 7 heteroatoms. The van der Waals surface area contributed by atoms with Crippen molar-refractivity contribution < 1.29 is 17.9 Å². The number of anilines is 1. The fourth-order valence-electron chi connectivity index (χ4n) is 2.34. The quantitative estimate of drug-likeness (QED) is 0.887. The fourth-order valence-corrected chi connectivity index (χ4v) is 3.27. The molecule has 0 saturated carbocycles. The minimum atomic E-state index is -3.61. The van der Waals surface area contributed by atoms with Crippen LogP contribution in [0.2, 0.25) is 0 Å². The Morgan fingerprint density at radius 3 is 2.40 bits per heavy atom. The number of hydrogen-bond donors (Lipinski definition) is 1. The number of benzene rings is 2. The van der Waals surface area contributed by atoms with Crippen LogP contribution in [0.4, 0.5) is 5.69 Å². The van der Waals surface area contributed by atoms with Gasteiger partial charge in [-0.1, -0.05) is 12.1 Å². The van der Waals surface area contributed by atoms with E-state index >= 15 is 0 Å². The van der Waals surface area contributed by atoms with Gasteiger partial charge in [-0.05, 0) is 49.2 Å². The summed E-state index contributed by atoms with van der Waals surface area (Å²) >= 11 is 0. The third-order valence-electron chi connectivity index (χ3n) is 4.05. The van der Waals surface area contributed by atoms with Crippen molar-refractivity contribution in [1.29, 1.82) is 0 Å². The molecule has 0 aliphatic carbocycles. The molecule has 0 saturated heterocycles. The normalized spacial score (nSPS) is 11.4. The number of ether oxygens (including phenoxy) is 1. The number of carbonyl (C=O) groups excluding carboxylic acids is 1. The van der Waals surface area contributed by atoms with Gasteiger partial charge in [0.1, 0.15) is 5.75 Å². The first-order valence-corrected chi connectivity index (χ1v) is 9.10. The summed E-state index contributed by atoms with van der Waals surface area (Å²) in [4.78, 5) is 12.7. The molecule has 0 aromatic heterocycles. The van der Waals surface area contributed by atoms with Crippen molar-refractivity contribution in [1.82, 2.24) is 4.31 Å². The summed E-state index contributed by atoms with van der Waals surface area (Å²) in [5.74, 6) is 0.0651. The molecule has 2 aromatic rings. The van der Waals surface area contributed by atoms with Gasteiger partial charge in [-0.2, -0.15) is 0 Å². The molecule has 2 aromatic carbocycles. The Hall–Kier alpha value is -2.38.